The zero-order valence-electron chi connectivity index (χ0n) is 10.2. The second kappa shape index (κ2) is 7.35. The Labute approximate surface area is 110 Å². The van der Waals surface area contributed by atoms with Crippen molar-refractivity contribution in [3.8, 4) is 0 Å². The number of nitrogens with one attached hydrogen (secondary N) is 1. The van der Waals surface area contributed by atoms with Crippen molar-refractivity contribution in [1.29, 1.82) is 0 Å². The molecule has 0 aliphatic carbocycles. The van der Waals surface area contributed by atoms with Crippen molar-refractivity contribution in [2.24, 2.45) is 0 Å². The molecule has 0 radical (unpaired) electrons. The molecule has 1 heterocycles. The van der Waals surface area contributed by atoms with E-state index in [9.17, 15) is 0 Å². The molecule has 0 fully saturated rings. The molecule has 92 valence electrons. The average molecular weight is 306 g/mol. The van der Waals surface area contributed by atoms with Crippen molar-refractivity contribution in [3.63, 3.8) is 0 Å². The molecule has 0 amide bonds. The molecule has 0 aliphatic heterocycles. The largest absolute Gasteiger partial charge is 0.308 e. The van der Waals surface area contributed by atoms with Gasteiger partial charge in [-0.25, -0.2) is 0 Å². The smallest absolute Gasteiger partial charge is 0.0704 e. The molecule has 0 saturated carbocycles. The topological polar surface area (TPSA) is 29.9 Å². The summed E-state index contributed by atoms with van der Waals surface area (Å²) < 4.78 is 3.22. The first kappa shape index (κ1) is 14.1. The summed E-state index contributed by atoms with van der Waals surface area (Å²) in [6, 6.07) is 0.378. The highest BCUT2D eigenvalue weighted by atomic mass is 79.9. The van der Waals surface area contributed by atoms with Gasteiger partial charge in [0.15, 0.2) is 0 Å². The highest BCUT2D eigenvalue weighted by Gasteiger charge is 2.18. The maximum Gasteiger partial charge on any atom is 0.0704 e. The highest BCUT2D eigenvalue weighted by Crippen LogP contribution is 2.25. The second-order valence-electron chi connectivity index (χ2n) is 3.67. The van der Waals surface area contributed by atoms with E-state index in [0.717, 1.165) is 29.7 Å². The van der Waals surface area contributed by atoms with E-state index in [1.165, 1.54) is 5.69 Å². The summed E-state index contributed by atoms with van der Waals surface area (Å²) >= 11 is 5.45. The fourth-order valence-electron chi connectivity index (χ4n) is 1.76. The Morgan fingerprint density at radius 3 is 2.88 bits per heavy atom. The fourth-order valence-corrected chi connectivity index (χ4v) is 2.94. The lowest BCUT2D eigenvalue weighted by atomic mass is 10.2. The van der Waals surface area contributed by atoms with Crippen LogP contribution in [0.2, 0.25) is 0 Å². The molecule has 1 aromatic rings. The first-order valence-electron chi connectivity index (χ1n) is 5.68. The van der Waals surface area contributed by atoms with Crippen LogP contribution in [0, 0.1) is 0 Å². The number of hydrogen-bond acceptors (Lipinski definition) is 3. The van der Waals surface area contributed by atoms with Gasteiger partial charge in [-0.1, -0.05) is 13.8 Å². The Bertz CT molecular complexity index is 308. The lowest BCUT2D eigenvalue weighted by molar-refractivity contribution is 0.507. The third-order valence-corrected chi connectivity index (χ3v) is 3.66. The fraction of sp³-hybridized carbons (Fsp3) is 0.727. The molecular formula is C11H20BrN3S. The third kappa shape index (κ3) is 3.50. The Morgan fingerprint density at radius 1 is 1.56 bits per heavy atom. The van der Waals surface area contributed by atoms with Gasteiger partial charge in [-0.15, -0.1) is 0 Å². The molecule has 5 heteroatoms. The Hall–Kier alpha value is -0.0000000000000000763. The minimum absolute atomic E-state index is 0.378. The molecule has 0 saturated heterocycles. The molecule has 1 unspecified atom stereocenters. The maximum absolute atomic E-state index is 4.41. The summed E-state index contributed by atoms with van der Waals surface area (Å²) in [5, 5.41) is 7.93. The van der Waals surface area contributed by atoms with Crippen LogP contribution in [0.25, 0.3) is 0 Å². The van der Waals surface area contributed by atoms with Crippen molar-refractivity contribution >= 4 is 27.7 Å². The van der Waals surface area contributed by atoms with Crippen LogP contribution in [0.1, 0.15) is 32.0 Å². The summed E-state index contributed by atoms with van der Waals surface area (Å²) in [4.78, 5) is 0. The first-order valence-corrected chi connectivity index (χ1v) is 7.86. The standard InChI is InChI=1S/C11H20BrN3S/c1-4-6-15-11(9(12)7-14-15)10(8-16-3)13-5-2/h7,10,13H,4-6,8H2,1-3H3. The summed E-state index contributed by atoms with van der Waals surface area (Å²) in [5.41, 5.74) is 1.28. The summed E-state index contributed by atoms with van der Waals surface area (Å²) in [6.07, 6.45) is 5.15. The third-order valence-electron chi connectivity index (χ3n) is 2.38. The minimum atomic E-state index is 0.378. The van der Waals surface area contributed by atoms with Crippen LogP contribution in [0.4, 0.5) is 0 Å². The predicted molar refractivity (Wildman–Crippen MR) is 75.0 cm³/mol. The van der Waals surface area contributed by atoms with Crippen LogP contribution in [0.5, 0.6) is 0 Å². The predicted octanol–water partition coefficient (Wildman–Crippen LogP) is 3.07. The van der Waals surface area contributed by atoms with Crippen LogP contribution in [-0.2, 0) is 6.54 Å². The SMILES string of the molecule is CCCn1ncc(Br)c1C(CSC)NCC. The van der Waals surface area contributed by atoms with E-state index in [1.807, 2.05) is 18.0 Å². The lowest BCUT2D eigenvalue weighted by Gasteiger charge is -2.19. The minimum Gasteiger partial charge on any atom is -0.308 e. The summed E-state index contributed by atoms with van der Waals surface area (Å²) in [6.45, 7) is 6.28. The van der Waals surface area contributed by atoms with Gasteiger partial charge in [-0.3, -0.25) is 4.68 Å². The van der Waals surface area contributed by atoms with Crippen LogP contribution < -0.4 is 5.32 Å². The number of nitrogens with zero attached hydrogens (tertiary/aromatic N) is 2. The second-order valence-corrected chi connectivity index (χ2v) is 5.43. The van der Waals surface area contributed by atoms with Crippen LogP contribution in [0.3, 0.4) is 0 Å². The zero-order valence-corrected chi connectivity index (χ0v) is 12.6. The molecular weight excluding hydrogens is 286 g/mol. The van der Waals surface area contributed by atoms with Gasteiger partial charge in [0.25, 0.3) is 0 Å². The molecule has 0 aliphatic rings. The Balaban J connectivity index is 2.91. The van der Waals surface area contributed by atoms with Crippen molar-refractivity contribution in [2.45, 2.75) is 32.9 Å². The van der Waals surface area contributed by atoms with E-state index in [4.69, 9.17) is 0 Å². The molecule has 1 rings (SSSR count). The number of aromatic nitrogens is 2. The Kier molecular flexibility index (Phi) is 6.46. The number of hydrogen-bond donors (Lipinski definition) is 1. The average Bonchev–Trinajstić information content (AvgIpc) is 2.60. The lowest BCUT2D eigenvalue weighted by Crippen LogP contribution is -2.26. The zero-order chi connectivity index (χ0) is 12.0. The van der Waals surface area contributed by atoms with E-state index in [2.05, 4.69) is 51.1 Å². The molecule has 16 heavy (non-hydrogen) atoms. The van der Waals surface area contributed by atoms with Gasteiger partial charge in [-0.2, -0.15) is 16.9 Å². The Morgan fingerprint density at radius 2 is 2.31 bits per heavy atom. The van der Waals surface area contributed by atoms with Gasteiger partial charge in [0.05, 0.1) is 22.4 Å². The van der Waals surface area contributed by atoms with Gasteiger partial charge in [0, 0.05) is 12.3 Å². The van der Waals surface area contributed by atoms with Crippen molar-refractivity contribution in [3.05, 3.63) is 16.4 Å². The molecule has 1 N–H and O–H groups in total. The van der Waals surface area contributed by atoms with E-state index in [-0.39, 0.29) is 0 Å². The highest BCUT2D eigenvalue weighted by molar-refractivity contribution is 9.10. The molecule has 0 bridgehead atoms. The number of halogens is 1. The van der Waals surface area contributed by atoms with Gasteiger partial charge < -0.3 is 5.32 Å². The molecule has 1 aromatic heterocycles. The van der Waals surface area contributed by atoms with Crippen LogP contribution in [0.15, 0.2) is 10.7 Å². The quantitative estimate of drug-likeness (QED) is 0.839. The van der Waals surface area contributed by atoms with Gasteiger partial charge >= 0.3 is 0 Å². The van der Waals surface area contributed by atoms with Gasteiger partial charge in [-0.05, 0) is 35.2 Å². The molecule has 1 atom stereocenters. The van der Waals surface area contributed by atoms with Gasteiger partial charge in [0.2, 0.25) is 0 Å². The van der Waals surface area contributed by atoms with E-state index in [0.29, 0.717) is 6.04 Å². The molecule has 3 nitrogen and oxygen atoms in total. The van der Waals surface area contributed by atoms with Crippen LogP contribution in [-0.4, -0.2) is 28.3 Å². The van der Waals surface area contributed by atoms with E-state index >= 15 is 0 Å². The van der Waals surface area contributed by atoms with Gasteiger partial charge in [0.1, 0.15) is 0 Å². The molecule has 0 aromatic carbocycles. The first-order chi connectivity index (χ1) is 7.74. The van der Waals surface area contributed by atoms with E-state index in [1.54, 1.807) is 0 Å². The number of rotatable bonds is 7. The molecule has 0 spiro atoms. The van der Waals surface area contributed by atoms with Crippen LogP contribution >= 0.6 is 27.7 Å². The van der Waals surface area contributed by atoms with Crippen molar-refractivity contribution in [1.82, 2.24) is 15.1 Å². The van der Waals surface area contributed by atoms with Crippen molar-refractivity contribution in [2.75, 3.05) is 18.6 Å². The van der Waals surface area contributed by atoms with E-state index < -0.39 is 0 Å². The number of thioether (sulfide) groups is 1. The maximum atomic E-state index is 4.41. The van der Waals surface area contributed by atoms with Crippen molar-refractivity contribution < 1.29 is 0 Å². The normalized spacial score (nSPS) is 13.0. The summed E-state index contributed by atoms with van der Waals surface area (Å²) in [5.74, 6) is 1.07. The summed E-state index contributed by atoms with van der Waals surface area (Å²) in [7, 11) is 0. The monoisotopic (exact) mass is 305 g/mol. The number of aryl methyl sites for hydroxylation is 1.